The molecule has 0 saturated heterocycles. The zero-order valence-corrected chi connectivity index (χ0v) is 11.6. The van der Waals surface area contributed by atoms with Crippen molar-refractivity contribution in [1.29, 1.82) is 0 Å². The number of carbonyl (C=O) groups excluding carboxylic acids is 2. The van der Waals surface area contributed by atoms with E-state index in [2.05, 4.69) is 15.0 Å². The predicted molar refractivity (Wildman–Crippen MR) is 76.7 cm³/mol. The topological polar surface area (TPSA) is 117 Å². The van der Waals surface area contributed by atoms with Gasteiger partial charge in [-0.25, -0.2) is 4.79 Å². The van der Waals surface area contributed by atoms with E-state index in [1.54, 1.807) is 0 Å². The van der Waals surface area contributed by atoms with Crippen LogP contribution in [0.3, 0.4) is 0 Å². The highest BCUT2D eigenvalue weighted by atomic mass is 16.5. The third-order valence-corrected chi connectivity index (χ3v) is 3.21. The Morgan fingerprint density at radius 3 is 2.81 bits per heavy atom. The highest BCUT2D eigenvalue weighted by Crippen LogP contribution is 2.28. The van der Waals surface area contributed by atoms with Gasteiger partial charge in [-0.1, -0.05) is 18.2 Å². The van der Waals surface area contributed by atoms with Crippen molar-refractivity contribution in [3.05, 3.63) is 29.8 Å². The second-order valence-corrected chi connectivity index (χ2v) is 4.55. The minimum atomic E-state index is -0.906. The number of nitrogens with one attached hydrogen (secondary N) is 2. The highest BCUT2D eigenvalue weighted by molar-refractivity contribution is 5.89. The zero-order valence-electron chi connectivity index (χ0n) is 11.6. The molecule has 112 valence electrons. The van der Waals surface area contributed by atoms with Crippen molar-refractivity contribution >= 4 is 22.8 Å². The minimum absolute atomic E-state index is 0.0351. The molecule has 7 nitrogen and oxygen atoms in total. The molecule has 0 aliphatic heterocycles. The molecule has 2 aromatic rings. The maximum atomic E-state index is 11.8. The first kappa shape index (κ1) is 14.9. The molecule has 0 fully saturated rings. The molecule has 1 amide bonds. The van der Waals surface area contributed by atoms with Gasteiger partial charge in [-0.05, 0) is 6.07 Å². The molecule has 0 radical (unpaired) electrons. The van der Waals surface area contributed by atoms with E-state index in [0.717, 1.165) is 10.9 Å². The van der Waals surface area contributed by atoms with Crippen LogP contribution < -0.4 is 11.1 Å². The first-order valence-electron chi connectivity index (χ1n) is 6.42. The Kier molecular flexibility index (Phi) is 4.44. The van der Waals surface area contributed by atoms with Crippen molar-refractivity contribution in [1.82, 2.24) is 10.3 Å². The van der Waals surface area contributed by atoms with E-state index in [1.807, 2.05) is 24.3 Å². The molecule has 1 atom stereocenters. The lowest BCUT2D eigenvalue weighted by Gasteiger charge is -2.15. The Morgan fingerprint density at radius 1 is 1.43 bits per heavy atom. The second-order valence-electron chi connectivity index (χ2n) is 4.55. The average molecular weight is 291 g/mol. The number of rotatable bonds is 5. The van der Waals surface area contributed by atoms with Gasteiger partial charge in [-0.2, -0.15) is 0 Å². The Bertz CT molecular complexity index is 665. The summed E-state index contributed by atoms with van der Waals surface area (Å²) in [5.41, 5.74) is 6.53. The Hall–Kier alpha value is -2.54. The fraction of sp³-hybridized carbons (Fsp3) is 0.286. The minimum Gasteiger partial charge on any atom is -0.494 e. The van der Waals surface area contributed by atoms with E-state index < -0.39 is 17.9 Å². The van der Waals surface area contributed by atoms with Gasteiger partial charge < -0.3 is 25.9 Å². The first-order chi connectivity index (χ1) is 10.1. The summed E-state index contributed by atoms with van der Waals surface area (Å²) in [5.74, 6) is -1.10. The third-order valence-electron chi connectivity index (χ3n) is 3.21. The van der Waals surface area contributed by atoms with Crippen LogP contribution in [0.25, 0.3) is 10.9 Å². The molecule has 2 rings (SSSR count). The summed E-state index contributed by atoms with van der Waals surface area (Å²) < 4.78 is 4.67. The third kappa shape index (κ3) is 3.14. The molecular formula is C14H17N3O4. The van der Waals surface area contributed by atoms with E-state index in [-0.39, 0.29) is 18.8 Å². The molecule has 0 spiro atoms. The van der Waals surface area contributed by atoms with Gasteiger partial charge in [0.2, 0.25) is 5.91 Å². The molecule has 1 heterocycles. The summed E-state index contributed by atoms with van der Waals surface area (Å²) in [6, 6.07) is 6.38. The number of para-hydroxylation sites is 1. The van der Waals surface area contributed by atoms with Crippen LogP contribution in [-0.2, 0) is 20.7 Å². The van der Waals surface area contributed by atoms with Gasteiger partial charge in [0.05, 0.1) is 13.7 Å². The summed E-state index contributed by atoms with van der Waals surface area (Å²) in [6.45, 7) is -0.229. The number of methoxy groups -OCH3 is 1. The quantitative estimate of drug-likeness (QED) is 0.580. The van der Waals surface area contributed by atoms with Crippen LogP contribution in [0.5, 0.6) is 5.88 Å². The molecule has 0 unspecified atom stereocenters. The molecule has 21 heavy (non-hydrogen) atoms. The SMILES string of the molecule is COC(=O)[C@H](Cc1c(O)[nH]c2ccccc12)NC(=O)CN. The Labute approximate surface area is 121 Å². The van der Waals surface area contributed by atoms with Gasteiger partial charge in [-0.15, -0.1) is 0 Å². The maximum absolute atomic E-state index is 11.8. The average Bonchev–Trinajstić information content (AvgIpc) is 2.81. The number of hydrogen-bond donors (Lipinski definition) is 4. The van der Waals surface area contributed by atoms with Gasteiger partial charge in [-0.3, -0.25) is 4.79 Å². The van der Waals surface area contributed by atoms with Crippen LogP contribution in [0.4, 0.5) is 0 Å². The number of carbonyl (C=O) groups is 2. The monoisotopic (exact) mass is 291 g/mol. The van der Waals surface area contributed by atoms with Crippen LogP contribution in [0.15, 0.2) is 24.3 Å². The van der Waals surface area contributed by atoms with Gasteiger partial charge in [0.25, 0.3) is 0 Å². The van der Waals surface area contributed by atoms with E-state index in [4.69, 9.17) is 5.73 Å². The zero-order chi connectivity index (χ0) is 15.4. The lowest BCUT2D eigenvalue weighted by Crippen LogP contribution is -2.45. The number of aromatic nitrogens is 1. The number of nitrogens with two attached hydrogens (primary N) is 1. The summed E-state index contributed by atoms with van der Waals surface area (Å²) in [7, 11) is 1.24. The number of hydrogen-bond acceptors (Lipinski definition) is 5. The normalized spacial score (nSPS) is 12.1. The lowest BCUT2D eigenvalue weighted by atomic mass is 10.0. The number of aromatic amines is 1. The molecule has 0 aliphatic carbocycles. The molecule has 0 aliphatic rings. The predicted octanol–water partition coefficient (Wildman–Crippen LogP) is 0.0325. The van der Waals surface area contributed by atoms with Crippen LogP contribution in [0, 0.1) is 0 Å². The summed E-state index contributed by atoms with van der Waals surface area (Å²) >= 11 is 0. The molecular weight excluding hydrogens is 274 g/mol. The van der Waals surface area contributed by atoms with Crippen molar-refractivity contribution in [2.24, 2.45) is 5.73 Å². The van der Waals surface area contributed by atoms with Crippen molar-refractivity contribution < 1.29 is 19.4 Å². The Morgan fingerprint density at radius 2 is 2.14 bits per heavy atom. The van der Waals surface area contributed by atoms with Crippen LogP contribution in [0.1, 0.15) is 5.56 Å². The van der Waals surface area contributed by atoms with E-state index in [9.17, 15) is 14.7 Å². The maximum Gasteiger partial charge on any atom is 0.328 e. The van der Waals surface area contributed by atoms with Gasteiger partial charge in [0, 0.05) is 22.9 Å². The number of ether oxygens (including phenoxy) is 1. The van der Waals surface area contributed by atoms with Crippen molar-refractivity contribution in [2.45, 2.75) is 12.5 Å². The van der Waals surface area contributed by atoms with Gasteiger partial charge in [0.15, 0.2) is 5.88 Å². The van der Waals surface area contributed by atoms with Gasteiger partial charge in [0.1, 0.15) is 6.04 Å². The number of fused-ring (bicyclic) bond motifs is 1. The van der Waals surface area contributed by atoms with E-state index in [0.29, 0.717) is 5.56 Å². The molecule has 7 heteroatoms. The molecule has 1 aromatic carbocycles. The molecule has 1 aromatic heterocycles. The fourth-order valence-electron chi connectivity index (χ4n) is 2.19. The van der Waals surface area contributed by atoms with Crippen LogP contribution in [-0.4, -0.2) is 41.7 Å². The summed E-state index contributed by atoms with van der Waals surface area (Å²) in [6.07, 6.45) is 0.105. The largest absolute Gasteiger partial charge is 0.494 e. The second kappa shape index (κ2) is 6.27. The van der Waals surface area contributed by atoms with Crippen LogP contribution in [0.2, 0.25) is 0 Å². The smallest absolute Gasteiger partial charge is 0.328 e. The van der Waals surface area contributed by atoms with Crippen LogP contribution >= 0.6 is 0 Å². The van der Waals surface area contributed by atoms with Gasteiger partial charge >= 0.3 is 5.97 Å². The van der Waals surface area contributed by atoms with E-state index >= 15 is 0 Å². The standard InChI is InChI=1S/C14H17N3O4/c1-21-14(20)11(16-12(18)7-15)6-9-8-4-2-3-5-10(8)17-13(9)19/h2-5,11,17,19H,6-7,15H2,1H3,(H,16,18)/t11-/m0/s1. The first-order valence-corrected chi connectivity index (χ1v) is 6.42. The van der Waals surface area contributed by atoms with Crippen molar-refractivity contribution in [3.63, 3.8) is 0 Å². The number of aromatic hydroxyl groups is 1. The lowest BCUT2D eigenvalue weighted by molar-refractivity contribution is -0.144. The molecule has 0 saturated carbocycles. The van der Waals surface area contributed by atoms with Crippen molar-refractivity contribution in [2.75, 3.05) is 13.7 Å². The fourth-order valence-corrected chi connectivity index (χ4v) is 2.19. The number of amides is 1. The summed E-state index contributed by atoms with van der Waals surface area (Å²) in [5, 5.41) is 13.3. The molecule has 0 bridgehead atoms. The number of esters is 1. The number of benzene rings is 1. The Balaban J connectivity index is 2.31. The van der Waals surface area contributed by atoms with E-state index in [1.165, 1.54) is 7.11 Å². The highest BCUT2D eigenvalue weighted by Gasteiger charge is 2.24. The number of H-pyrrole nitrogens is 1. The molecule has 5 N–H and O–H groups in total. The van der Waals surface area contributed by atoms with Crippen molar-refractivity contribution in [3.8, 4) is 5.88 Å². The summed E-state index contributed by atoms with van der Waals surface area (Å²) in [4.78, 5) is 26.0.